The van der Waals surface area contributed by atoms with Crippen molar-refractivity contribution in [2.45, 2.75) is 13.5 Å². The van der Waals surface area contributed by atoms with Gasteiger partial charge in [-0.1, -0.05) is 0 Å². The van der Waals surface area contributed by atoms with Crippen molar-refractivity contribution in [2.24, 2.45) is 0 Å². The molecule has 0 unspecified atom stereocenters. The van der Waals surface area contributed by atoms with Crippen molar-refractivity contribution < 1.29 is 9.18 Å². The van der Waals surface area contributed by atoms with Gasteiger partial charge in [0.15, 0.2) is 5.82 Å². The van der Waals surface area contributed by atoms with E-state index in [0.717, 1.165) is 11.1 Å². The minimum atomic E-state index is -0.291. The van der Waals surface area contributed by atoms with Crippen molar-refractivity contribution in [2.75, 3.05) is 6.54 Å². The predicted molar refractivity (Wildman–Crippen MR) is 85.7 cm³/mol. The quantitative estimate of drug-likeness (QED) is 0.785. The SMILES string of the molecule is Cc1cc(F)ccc1-c1nccc(-c2cc3n(n2)CCNC3=O)n1. The summed E-state index contributed by atoms with van der Waals surface area (Å²) in [7, 11) is 0. The van der Waals surface area contributed by atoms with E-state index >= 15 is 0 Å². The van der Waals surface area contributed by atoms with Crippen LogP contribution in [0.1, 0.15) is 16.1 Å². The first-order valence-electron chi connectivity index (χ1n) is 7.58. The summed E-state index contributed by atoms with van der Waals surface area (Å²) in [5.74, 6) is 0.0734. The third-order valence-corrected chi connectivity index (χ3v) is 3.97. The molecule has 3 heterocycles. The van der Waals surface area contributed by atoms with Crippen molar-refractivity contribution >= 4 is 5.91 Å². The number of amides is 1. The molecule has 120 valence electrons. The van der Waals surface area contributed by atoms with Crippen LogP contribution >= 0.6 is 0 Å². The molecule has 2 aromatic heterocycles. The second-order valence-corrected chi connectivity index (χ2v) is 5.62. The minimum absolute atomic E-state index is 0.136. The van der Waals surface area contributed by atoms with Gasteiger partial charge in [-0.3, -0.25) is 9.48 Å². The Balaban J connectivity index is 1.77. The van der Waals surface area contributed by atoms with Crippen LogP contribution in [0.3, 0.4) is 0 Å². The third kappa shape index (κ3) is 2.44. The Morgan fingerprint density at radius 2 is 2.08 bits per heavy atom. The lowest BCUT2D eigenvalue weighted by molar-refractivity contribution is 0.0924. The zero-order chi connectivity index (χ0) is 16.7. The molecule has 0 bridgehead atoms. The lowest BCUT2D eigenvalue weighted by Gasteiger charge is -2.13. The average molecular weight is 323 g/mol. The van der Waals surface area contributed by atoms with Crippen molar-refractivity contribution in [3.05, 3.63) is 53.6 Å². The van der Waals surface area contributed by atoms with Crippen LogP contribution in [0.4, 0.5) is 4.39 Å². The Morgan fingerprint density at radius 1 is 1.21 bits per heavy atom. The molecule has 0 spiro atoms. The van der Waals surface area contributed by atoms with Gasteiger partial charge in [-0.2, -0.15) is 5.10 Å². The van der Waals surface area contributed by atoms with Gasteiger partial charge in [0.25, 0.3) is 5.91 Å². The van der Waals surface area contributed by atoms with Crippen LogP contribution in [0, 0.1) is 12.7 Å². The van der Waals surface area contributed by atoms with Crippen LogP contribution in [0.2, 0.25) is 0 Å². The molecule has 1 aliphatic rings. The topological polar surface area (TPSA) is 72.7 Å². The fourth-order valence-electron chi connectivity index (χ4n) is 2.77. The normalized spacial score (nSPS) is 13.5. The van der Waals surface area contributed by atoms with Gasteiger partial charge in [0.2, 0.25) is 0 Å². The van der Waals surface area contributed by atoms with E-state index in [2.05, 4.69) is 20.4 Å². The summed E-state index contributed by atoms with van der Waals surface area (Å²) in [6, 6.07) is 7.96. The van der Waals surface area contributed by atoms with E-state index in [1.54, 1.807) is 29.1 Å². The summed E-state index contributed by atoms with van der Waals surface area (Å²) >= 11 is 0. The monoisotopic (exact) mass is 323 g/mol. The van der Waals surface area contributed by atoms with Crippen LogP contribution in [-0.4, -0.2) is 32.2 Å². The molecule has 1 aliphatic heterocycles. The molecule has 0 aliphatic carbocycles. The number of carbonyl (C=O) groups is 1. The van der Waals surface area contributed by atoms with Crippen molar-refractivity contribution in [3.8, 4) is 22.8 Å². The van der Waals surface area contributed by atoms with E-state index in [1.807, 2.05) is 6.92 Å². The maximum absolute atomic E-state index is 13.3. The molecule has 0 fully saturated rings. The lowest BCUT2D eigenvalue weighted by Crippen LogP contribution is -2.35. The second-order valence-electron chi connectivity index (χ2n) is 5.62. The van der Waals surface area contributed by atoms with E-state index in [-0.39, 0.29) is 11.7 Å². The molecule has 0 radical (unpaired) electrons. The Kier molecular flexibility index (Phi) is 3.34. The number of rotatable bonds is 2. The standard InChI is InChI=1S/C17H14FN5O/c1-10-8-11(18)2-3-12(10)16-19-5-4-13(21-16)14-9-15-17(24)20-6-7-23(15)22-14/h2-5,8-9H,6-7H2,1H3,(H,20,24). The zero-order valence-electron chi connectivity index (χ0n) is 13.0. The predicted octanol–water partition coefficient (Wildman–Crippen LogP) is 2.20. The first kappa shape index (κ1) is 14.5. The van der Waals surface area contributed by atoms with Crippen molar-refractivity contribution in [1.82, 2.24) is 25.1 Å². The molecule has 1 N–H and O–H groups in total. The number of carbonyl (C=O) groups excluding carboxylic acids is 1. The highest BCUT2D eigenvalue weighted by atomic mass is 19.1. The molecule has 24 heavy (non-hydrogen) atoms. The number of hydrogen-bond donors (Lipinski definition) is 1. The third-order valence-electron chi connectivity index (χ3n) is 3.97. The first-order valence-corrected chi connectivity index (χ1v) is 7.58. The summed E-state index contributed by atoms with van der Waals surface area (Å²) in [5, 5.41) is 7.23. The van der Waals surface area contributed by atoms with Crippen LogP contribution in [0.25, 0.3) is 22.8 Å². The van der Waals surface area contributed by atoms with E-state index in [0.29, 0.717) is 36.0 Å². The summed E-state index contributed by atoms with van der Waals surface area (Å²) < 4.78 is 15.0. The molecule has 3 aromatic rings. The number of aromatic nitrogens is 4. The fourth-order valence-corrected chi connectivity index (χ4v) is 2.77. The molecule has 1 amide bonds. The van der Waals surface area contributed by atoms with E-state index in [4.69, 9.17) is 0 Å². The number of fused-ring (bicyclic) bond motifs is 1. The molecular weight excluding hydrogens is 309 g/mol. The van der Waals surface area contributed by atoms with Crippen LogP contribution in [0.5, 0.6) is 0 Å². The van der Waals surface area contributed by atoms with Crippen molar-refractivity contribution in [1.29, 1.82) is 0 Å². The Hall–Kier alpha value is -3.09. The van der Waals surface area contributed by atoms with E-state index in [1.165, 1.54) is 12.1 Å². The summed E-state index contributed by atoms with van der Waals surface area (Å²) in [6.45, 7) is 3.01. The first-order chi connectivity index (χ1) is 11.6. The van der Waals surface area contributed by atoms with Gasteiger partial charge in [-0.15, -0.1) is 0 Å². The smallest absolute Gasteiger partial charge is 0.269 e. The number of hydrogen-bond acceptors (Lipinski definition) is 4. The molecule has 7 heteroatoms. The van der Waals surface area contributed by atoms with Crippen LogP contribution in [0.15, 0.2) is 36.5 Å². The number of aryl methyl sites for hydroxylation is 1. The van der Waals surface area contributed by atoms with Gasteiger partial charge in [0.1, 0.15) is 17.2 Å². The molecular formula is C17H14FN5O. The lowest BCUT2D eigenvalue weighted by atomic mass is 10.1. The highest BCUT2D eigenvalue weighted by Crippen LogP contribution is 2.24. The maximum Gasteiger partial charge on any atom is 0.269 e. The van der Waals surface area contributed by atoms with Crippen LogP contribution < -0.4 is 5.32 Å². The minimum Gasteiger partial charge on any atom is -0.349 e. The molecule has 0 saturated heterocycles. The number of halogens is 1. The molecule has 0 saturated carbocycles. The number of benzene rings is 1. The summed E-state index contributed by atoms with van der Waals surface area (Å²) in [4.78, 5) is 20.7. The maximum atomic E-state index is 13.3. The van der Waals surface area contributed by atoms with Gasteiger partial charge >= 0.3 is 0 Å². The largest absolute Gasteiger partial charge is 0.349 e. The summed E-state index contributed by atoms with van der Waals surface area (Å²) in [6.07, 6.45) is 1.64. The van der Waals surface area contributed by atoms with E-state index in [9.17, 15) is 9.18 Å². The Bertz CT molecular complexity index is 950. The number of nitrogens with one attached hydrogen (secondary N) is 1. The highest BCUT2D eigenvalue weighted by Gasteiger charge is 2.20. The Labute approximate surface area is 137 Å². The molecule has 1 aromatic carbocycles. The van der Waals surface area contributed by atoms with Gasteiger partial charge in [0.05, 0.1) is 12.2 Å². The summed E-state index contributed by atoms with van der Waals surface area (Å²) in [5.41, 5.74) is 3.29. The Morgan fingerprint density at radius 3 is 2.88 bits per heavy atom. The van der Waals surface area contributed by atoms with Gasteiger partial charge in [0, 0.05) is 18.3 Å². The van der Waals surface area contributed by atoms with Crippen molar-refractivity contribution in [3.63, 3.8) is 0 Å². The molecule has 0 atom stereocenters. The number of nitrogens with zero attached hydrogens (tertiary/aromatic N) is 4. The second kappa shape index (κ2) is 5.52. The van der Waals surface area contributed by atoms with Gasteiger partial charge < -0.3 is 5.32 Å². The molecule has 4 rings (SSSR count). The van der Waals surface area contributed by atoms with Gasteiger partial charge in [-0.25, -0.2) is 14.4 Å². The highest BCUT2D eigenvalue weighted by molar-refractivity contribution is 5.94. The van der Waals surface area contributed by atoms with Gasteiger partial charge in [-0.05, 0) is 42.8 Å². The van der Waals surface area contributed by atoms with E-state index < -0.39 is 0 Å². The fraction of sp³-hybridized carbons (Fsp3) is 0.176. The zero-order valence-corrected chi connectivity index (χ0v) is 13.0. The van der Waals surface area contributed by atoms with Crippen LogP contribution in [-0.2, 0) is 6.54 Å². The average Bonchev–Trinajstić information content (AvgIpc) is 3.01. The molecule has 6 nitrogen and oxygen atoms in total.